The highest BCUT2D eigenvalue weighted by Crippen LogP contribution is 2.28. The molecule has 1 rings (SSSR count). The minimum Gasteiger partial charge on any atom is -0.370 e. The van der Waals surface area contributed by atoms with E-state index in [4.69, 9.17) is 27.9 Å². The number of ether oxygens (including phenoxy) is 1. The van der Waals surface area contributed by atoms with E-state index in [1.54, 1.807) is 0 Å². The number of hydrogen-bond donors (Lipinski definition) is 0. The quantitative estimate of drug-likeness (QED) is 0.587. The summed E-state index contributed by atoms with van der Waals surface area (Å²) in [5, 5.41) is 0.752. The highest BCUT2D eigenvalue weighted by atomic mass is 127. The van der Waals surface area contributed by atoms with Crippen molar-refractivity contribution in [2.75, 3.05) is 6.61 Å². The van der Waals surface area contributed by atoms with E-state index in [0.717, 1.165) is 0 Å². The van der Waals surface area contributed by atoms with E-state index >= 15 is 0 Å². The zero-order valence-corrected chi connectivity index (χ0v) is 13.0. The van der Waals surface area contributed by atoms with Gasteiger partial charge in [0.1, 0.15) is 16.4 Å². The van der Waals surface area contributed by atoms with Crippen LogP contribution in [0.15, 0.2) is 0 Å². The van der Waals surface area contributed by atoms with Crippen LogP contribution >= 0.6 is 45.8 Å². The molecule has 0 aliphatic heterocycles. The van der Waals surface area contributed by atoms with E-state index in [0.29, 0.717) is 26.3 Å². The molecule has 3 nitrogen and oxygen atoms in total. The van der Waals surface area contributed by atoms with E-state index in [2.05, 4.69) is 9.97 Å². The van der Waals surface area contributed by atoms with Crippen LogP contribution in [0.1, 0.15) is 32.7 Å². The molecule has 1 atom stereocenters. The molecule has 0 saturated carbocycles. The fourth-order valence-corrected chi connectivity index (χ4v) is 1.92. The lowest BCUT2D eigenvalue weighted by Gasteiger charge is -2.19. The second-order valence-corrected chi connectivity index (χ2v) is 5.39. The fraction of sp³-hybridized carbons (Fsp3) is 0.600. The zero-order valence-electron chi connectivity index (χ0n) is 9.30. The van der Waals surface area contributed by atoms with Crippen LogP contribution in [0.25, 0.3) is 0 Å². The highest BCUT2D eigenvalue weighted by Gasteiger charge is 2.21. The van der Waals surface area contributed by atoms with Crippen LogP contribution < -0.4 is 0 Å². The number of rotatable bonds is 4. The molecule has 0 aromatic carbocycles. The van der Waals surface area contributed by atoms with Crippen molar-refractivity contribution >= 4 is 45.8 Å². The van der Waals surface area contributed by atoms with Crippen LogP contribution in [-0.2, 0) is 4.74 Å². The van der Waals surface area contributed by atoms with Gasteiger partial charge in [-0.05, 0) is 35.4 Å². The fourth-order valence-electron chi connectivity index (χ4n) is 1.28. The van der Waals surface area contributed by atoms with Gasteiger partial charge >= 0.3 is 0 Å². The van der Waals surface area contributed by atoms with E-state index in [9.17, 15) is 0 Å². The Bertz CT molecular complexity index is 351. The molecule has 16 heavy (non-hydrogen) atoms. The van der Waals surface area contributed by atoms with Crippen molar-refractivity contribution in [2.24, 2.45) is 5.92 Å². The molecule has 1 aromatic heterocycles. The Kier molecular flexibility index (Phi) is 5.70. The summed E-state index contributed by atoms with van der Waals surface area (Å²) in [6, 6.07) is 0. The van der Waals surface area contributed by atoms with Crippen molar-refractivity contribution in [3.63, 3.8) is 0 Å². The number of aromatic nitrogens is 2. The largest absolute Gasteiger partial charge is 0.370 e. The summed E-state index contributed by atoms with van der Waals surface area (Å²) in [6.45, 7) is 6.63. The average Bonchev–Trinajstić information content (AvgIpc) is 2.21. The maximum Gasteiger partial charge on any atom is 0.160 e. The van der Waals surface area contributed by atoms with Gasteiger partial charge in [0.25, 0.3) is 0 Å². The molecule has 0 aliphatic carbocycles. The van der Waals surface area contributed by atoms with Gasteiger partial charge in [-0.15, -0.1) is 0 Å². The maximum absolute atomic E-state index is 5.97. The van der Waals surface area contributed by atoms with E-state index in [1.807, 2.05) is 43.4 Å². The molecule has 0 fully saturated rings. The van der Waals surface area contributed by atoms with Crippen LogP contribution in [0.4, 0.5) is 0 Å². The molecule has 0 bridgehead atoms. The molecule has 0 amide bonds. The summed E-state index contributed by atoms with van der Waals surface area (Å²) in [5.41, 5.74) is 0. The third-order valence-corrected chi connectivity index (χ3v) is 4.20. The second kappa shape index (κ2) is 6.33. The third-order valence-electron chi connectivity index (χ3n) is 1.99. The molecular weight excluding hydrogens is 362 g/mol. The monoisotopic (exact) mass is 374 g/mol. The van der Waals surface area contributed by atoms with E-state index in [1.165, 1.54) is 0 Å². The number of halogens is 3. The minimum atomic E-state index is -0.169. The topological polar surface area (TPSA) is 35.0 Å². The molecule has 0 N–H and O–H groups in total. The highest BCUT2D eigenvalue weighted by molar-refractivity contribution is 14.1. The first-order valence-electron chi connectivity index (χ1n) is 4.97. The van der Waals surface area contributed by atoms with Crippen molar-refractivity contribution < 1.29 is 4.74 Å². The number of hydrogen-bond acceptors (Lipinski definition) is 3. The summed E-state index contributed by atoms with van der Waals surface area (Å²) in [5.74, 6) is 0.819. The van der Waals surface area contributed by atoms with Gasteiger partial charge in [0.05, 0.1) is 3.57 Å². The summed E-state index contributed by atoms with van der Waals surface area (Å²) in [7, 11) is 0. The lowest BCUT2D eigenvalue weighted by Crippen LogP contribution is -2.15. The molecule has 0 aliphatic rings. The first-order valence-corrected chi connectivity index (χ1v) is 6.80. The Labute approximate surface area is 119 Å². The zero-order chi connectivity index (χ0) is 12.3. The second-order valence-electron chi connectivity index (χ2n) is 3.60. The Balaban J connectivity index is 3.10. The van der Waals surface area contributed by atoms with Gasteiger partial charge in [0.15, 0.2) is 5.82 Å². The first-order chi connectivity index (χ1) is 7.47. The van der Waals surface area contributed by atoms with E-state index in [-0.39, 0.29) is 12.0 Å². The lowest BCUT2D eigenvalue weighted by molar-refractivity contribution is 0.0232. The van der Waals surface area contributed by atoms with Gasteiger partial charge in [-0.25, -0.2) is 9.97 Å². The van der Waals surface area contributed by atoms with Crippen LogP contribution in [0.5, 0.6) is 0 Å². The predicted molar refractivity (Wildman–Crippen MR) is 74.0 cm³/mol. The minimum absolute atomic E-state index is 0.169. The smallest absolute Gasteiger partial charge is 0.160 e. The Hall–Kier alpha value is 0.350. The SMILES string of the molecule is CCOC(c1nc(Cl)c(I)c(Cl)n1)C(C)C. The van der Waals surface area contributed by atoms with Crippen LogP contribution in [-0.4, -0.2) is 16.6 Å². The number of nitrogens with zero attached hydrogens (tertiary/aromatic N) is 2. The Morgan fingerprint density at radius 3 is 2.12 bits per heavy atom. The molecule has 90 valence electrons. The molecule has 0 saturated heterocycles. The molecule has 0 spiro atoms. The summed E-state index contributed by atoms with van der Waals surface area (Å²) < 4.78 is 6.26. The molecular formula is C10H13Cl2IN2O. The third kappa shape index (κ3) is 3.42. The van der Waals surface area contributed by atoms with Gasteiger partial charge in [0.2, 0.25) is 0 Å². The van der Waals surface area contributed by atoms with Gasteiger partial charge in [-0.3, -0.25) is 0 Å². The van der Waals surface area contributed by atoms with Crippen LogP contribution in [0.3, 0.4) is 0 Å². The molecule has 1 unspecified atom stereocenters. The van der Waals surface area contributed by atoms with Crippen molar-refractivity contribution in [1.29, 1.82) is 0 Å². The molecule has 0 radical (unpaired) electrons. The van der Waals surface area contributed by atoms with Gasteiger partial charge in [-0.2, -0.15) is 0 Å². The Morgan fingerprint density at radius 1 is 1.25 bits per heavy atom. The van der Waals surface area contributed by atoms with Gasteiger partial charge < -0.3 is 4.74 Å². The van der Waals surface area contributed by atoms with Crippen molar-refractivity contribution in [1.82, 2.24) is 9.97 Å². The first kappa shape index (κ1) is 14.4. The molecule has 6 heteroatoms. The van der Waals surface area contributed by atoms with Crippen molar-refractivity contribution in [2.45, 2.75) is 26.9 Å². The summed E-state index contributed by atoms with van der Waals surface area (Å²) in [4.78, 5) is 8.42. The Morgan fingerprint density at radius 2 is 1.75 bits per heavy atom. The van der Waals surface area contributed by atoms with Crippen molar-refractivity contribution in [3.8, 4) is 0 Å². The molecule has 1 aromatic rings. The summed E-state index contributed by atoms with van der Waals surface area (Å²) in [6.07, 6.45) is -0.169. The lowest BCUT2D eigenvalue weighted by atomic mass is 10.1. The predicted octanol–water partition coefficient (Wildman–Crippen LogP) is 4.12. The van der Waals surface area contributed by atoms with E-state index < -0.39 is 0 Å². The van der Waals surface area contributed by atoms with Gasteiger partial charge in [-0.1, -0.05) is 37.0 Å². The van der Waals surface area contributed by atoms with Crippen molar-refractivity contribution in [3.05, 3.63) is 19.7 Å². The molecule has 1 heterocycles. The standard InChI is InChI=1S/C10H13Cl2IN2O/c1-4-16-7(5(2)3)10-14-8(11)6(13)9(12)15-10/h5,7H,4H2,1-3H3. The van der Waals surface area contributed by atoms with Crippen LogP contribution in [0, 0.1) is 9.49 Å². The summed E-state index contributed by atoms with van der Waals surface area (Å²) >= 11 is 14.0. The van der Waals surface area contributed by atoms with Crippen LogP contribution in [0.2, 0.25) is 10.3 Å². The average molecular weight is 375 g/mol. The van der Waals surface area contributed by atoms with Gasteiger partial charge in [0, 0.05) is 6.61 Å². The maximum atomic E-state index is 5.97. The normalized spacial score (nSPS) is 13.2.